The molecular weight excluding hydrogens is 191 g/mol. The minimum Gasteiger partial charge on any atom is -0.211 e. The zero-order chi connectivity index (χ0) is 9.19. The number of hydrogen-bond acceptors (Lipinski definition) is 3. The summed E-state index contributed by atoms with van der Waals surface area (Å²) in [5.41, 5.74) is -0.790. The Morgan fingerprint density at radius 2 is 2.17 bits per heavy atom. The Morgan fingerprint density at radius 3 is 2.58 bits per heavy atom. The third-order valence-electron chi connectivity index (χ3n) is 1.07. The van der Waals surface area contributed by atoms with Crippen molar-refractivity contribution in [2.75, 3.05) is 0 Å². The molecule has 0 aliphatic carbocycles. The van der Waals surface area contributed by atoms with Crippen molar-refractivity contribution in [2.45, 2.75) is 6.18 Å². The maximum atomic E-state index is 11.9. The summed E-state index contributed by atoms with van der Waals surface area (Å²) in [7, 11) is 0. The summed E-state index contributed by atoms with van der Waals surface area (Å²) >= 11 is 0.752. The van der Waals surface area contributed by atoms with Crippen molar-refractivity contribution in [1.29, 1.82) is 0 Å². The first-order chi connectivity index (χ1) is 5.54. The molecule has 0 fully saturated rings. The van der Waals surface area contributed by atoms with Gasteiger partial charge in [0.2, 0.25) is 6.08 Å². The first kappa shape index (κ1) is 8.96. The highest BCUT2D eigenvalue weighted by molar-refractivity contribution is 7.14. The lowest BCUT2D eigenvalue weighted by molar-refractivity contribution is -0.137. The van der Waals surface area contributed by atoms with E-state index in [0.29, 0.717) is 0 Å². The molecule has 0 radical (unpaired) electrons. The first-order valence-corrected chi connectivity index (χ1v) is 3.65. The van der Waals surface area contributed by atoms with Gasteiger partial charge in [0, 0.05) is 5.38 Å². The highest BCUT2D eigenvalue weighted by atomic mass is 32.1. The zero-order valence-corrected chi connectivity index (χ0v) is 6.37. The van der Waals surface area contributed by atoms with Crippen LogP contribution in [0.15, 0.2) is 16.4 Å². The fraction of sp³-hybridized carbons (Fsp3) is 0.167. The molecule has 0 aromatic carbocycles. The number of aliphatic imine (C=N–C) groups is 1. The van der Waals surface area contributed by atoms with Gasteiger partial charge in [-0.3, -0.25) is 0 Å². The number of carbonyl (C=O) groups excluding carboxylic acids is 1. The van der Waals surface area contributed by atoms with E-state index in [2.05, 4.69) is 4.99 Å². The second-order valence-corrected chi connectivity index (χ2v) is 2.76. The summed E-state index contributed by atoms with van der Waals surface area (Å²) in [6.45, 7) is 0. The fourth-order valence-electron chi connectivity index (χ4n) is 0.577. The van der Waals surface area contributed by atoms with Crippen LogP contribution in [0.2, 0.25) is 0 Å². The van der Waals surface area contributed by atoms with Crippen LogP contribution in [-0.2, 0) is 11.0 Å². The Bertz CT molecular complexity index is 324. The summed E-state index contributed by atoms with van der Waals surface area (Å²) in [6, 6.07) is 0.801. The van der Waals surface area contributed by atoms with Gasteiger partial charge in [0.1, 0.15) is 5.00 Å². The molecule has 6 heteroatoms. The first-order valence-electron chi connectivity index (χ1n) is 2.77. The van der Waals surface area contributed by atoms with Crippen LogP contribution in [0.25, 0.3) is 0 Å². The number of thiophene rings is 1. The average Bonchev–Trinajstić information content (AvgIpc) is 2.35. The zero-order valence-electron chi connectivity index (χ0n) is 5.55. The second kappa shape index (κ2) is 3.08. The maximum absolute atomic E-state index is 11.9. The maximum Gasteiger partial charge on any atom is 0.417 e. The number of isocyanates is 1. The van der Waals surface area contributed by atoms with Crippen LogP contribution >= 0.6 is 11.3 Å². The monoisotopic (exact) mass is 193 g/mol. The van der Waals surface area contributed by atoms with E-state index in [1.165, 1.54) is 6.08 Å². The smallest absolute Gasteiger partial charge is 0.211 e. The molecule has 0 unspecified atom stereocenters. The van der Waals surface area contributed by atoms with Crippen LogP contribution < -0.4 is 0 Å². The van der Waals surface area contributed by atoms with Crippen molar-refractivity contribution in [3.05, 3.63) is 17.0 Å². The van der Waals surface area contributed by atoms with Crippen molar-refractivity contribution in [3.63, 3.8) is 0 Å². The number of nitrogens with zero attached hydrogens (tertiary/aromatic N) is 1. The molecule has 0 atom stereocenters. The number of rotatable bonds is 1. The van der Waals surface area contributed by atoms with E-state index < -0.39 is 11.7 Å². The van der Waals surface area contributed by atoms with Crippen LogP contribution in [-0.4, -0.2) is 6.08 Å². The van der Waals surface area contributed by atoms with Gasteiger partial charge in [-0.2, -0.15) is 18.2 Å². The van der Waals surface area contributed by atoms with Crippen molar-refractivity contribution < 1.29 is 18.0 Å². The van der Waals surface area contributed by atoms with E-state index in [4.69, 9.17) is 0 Å². The average molecular weight is 193 g/mol. The molecule has 12 heavy (non-hydrogen) atoms. The fourth-order valence-corrected chi connectivity index (χ4v) is 1.31. The lowest BCUT2D eigenvalue weighted by atomic mass is 10.3. The molecular formula is C6H2F3NOS. The van der Waals surface area contributed by atoms with Gasteiger partial charge in [0.15, 0.2) is 0 Å². The van der Waals surface area contributed by atoms with Gasteiger partial charge in [0.25, 0.3) is 0 Å². The number of alkyl halides is 3. The summed E-state index contributed by atoms with van der Waals surface area (Å²) in [5, 5.41) is 0.910. The minimum atomic E-state index is -4.37. The van der Waals surface area contributed by atoms with Crippen molar-refractivity contribution in [1.82, 2.24) is 0 Å². The van der Waals surface area contributed by atoms with Gasteiger partial charge in [-0.25, -0.2) is 4.79 Å². The Balaban J connectivity index is 2.99. The van der Waals surface area contributed by atoms with Crippen LogP contribution in [0.1, 0.15) is 5.56 Å². The molecule has 0 saturated carbocycles. The molecule has 2 nitrogen and oxygen atoms in total. The number of hydrogen-bond donors (Lipinski definition) is 0. The van der Waals surface area contributed by atoms with Gasteiger partial charge >= 0.3 is 6.18 Å². The van der Waals surface area contributed by atoms with Gasteiger partial charge < -0.3 is 0 Å². The molecule has 0 aliphatic heterocycles. The van der Waals surface area contributed by atoms with Crippen LogP contribution in [0, 0.1) is 0 Å². The van der Waals surface area contributed by atoms with Gasteiger partial charge in [0.05, 0.1) is 5.56 Å². The summed E-state index contributed by atoms with van der Waals surface area (Å²) in [5.74, 6) is 0. The van der Waals surface area contributed by atoms with Crippen molar-refractivity contribution in [3.8, 4) is 0 Å². The molecule has 0 spiro atoms. The van der Waals surface area contributed by atoms with E-state index in [0.717, 1.165) is 22.8 Å². The molecule has 1 aromatic rings. The molecule has 1 heterocycles. The van der Waals surface area contributed by atoms with E-state index in [1.807, 2.05) is 0 Å². The topological polar surface area (TPSA) is 29.4 Å². The minimum absolute atomic E-state index is 0.0114. The van der Waals surface area contributed by atoms with Gasteiger partial charge in [-0.15, -0.1) is 11.3 Å². The standard InChI is InChI=1S/C6H2F3NOS/c7-6(8,9)4-1-5(10-3-11)12-2-4/h1-2H. The summed E-state index contributed by atoms with van der Waals surface area (Å²) in [6.07, 6.45) is -3.20. The second-order valence-electron chi connectivity index (χ2n) is 1.87. The predicted octanol–water partition coefficient (Wildman–Crippen LogP) is 2.73. The lowest BCUT2D eigenvalue weighted by Crippen LogP contribution is -2.01. The van der Waals surface area contributed by atoms with Gasteiger partial charge in [-0.05, 0) is 6.07 Å². The Morgan fingerprint density at radius 1 is 1.50 bits per heavy atom. The highest BCUT2D eigenvalue weighted by Gasteiger charge is 2.31. The van der Waals surface area contributed by atoms with Crippen LogP contribution in [0.3, 0.4) is 0 Å². The molecule has 0 N–H and O–H groups in total. The predicted molar refractivity (Wildman–Crippen MR) is 37.1 cm³/mol. The third kappa shape index (κ3) is 1.93. The van der Waals surface area contributed by atoms with Crippen LogP contribution in [0.4, 0.5) is 18.2 Å². The molecule has 1 rings (SSSR count). The quantitative estimate of drug-likeness (QED) is 0.498. The van der Waals surface area contributed by atoms with Crippen LogP contribution in [0.5, 0.6) is 0 Å². The van der Waals surface area contributed by atoms with Gasteiger partial charge in [-0.1, -0.05) is 0 Å². The summed E-state index contributed by atoms with van der Waals surface area (Å²) < 4.78 is 35.7. The van der Waals surface area contributed by atoms with E-state index in [-0.39, 0.29) is 5.00 Å². The van der Waals surface area contributed by atoms with E-state index in [1.54, 1.807) is 0 Å². The molecule has 64 valence electrons. The highest BCUT2D eigenvalue weighted by Crippen LogP contribution is 2.35. The third-order valence-corrected chi connectivity index (χ3v) is 1.89. The van der Waals surface area contributed by atoms with E-state index >= 15 is 0 Å². The Hall–Kier alpha value is -1.13. The lowest BCUT2D eigenvalue weighted by Gasteiger charge is -2.00. The molecule has 0 aliphatic rings. The molecule has 0 bridgehead atoms. The molecule has 0 saturated heterocycles. The van der Waals surface area contributed by atoms with Crippen molar-refractivity contribution in [2.24, 2.45) is 4.99 Å². The normalized spacial score (nSPS) is 10.9. The van der Waals surface area contributed by atoms with E-state index in [9.17, 15) is 18.0 Å². The Kier molecular flexibility index (Phi) is 2.30. The summed E-state index contributed by atoms with van der Waals surface area (Å²) in [4.78, 5) is 12.7. The van der Waals surface area contributed by atoms with Crippen molar-refractivity contribution >= 4 is 22.4 Å². The number of halogens is 3. The largest absolute Gasteiger partial charge is 0.417 e. The Labute approximate surface area is 69.4 Å². The SMILES string of the molecule is O=C=Nc1cc(C(F)(F)F)cs1. The molecule has 1 aromatic heterocycles. The molecule has 0 amide bonds.